The molecule has 1 aromatic rings. The number of carbonyl (C=O) groups is 1. The topological polar surface area (TPSA) is 55.6 Å². The van der Waals surface area contributed by atoms with Crippen molar-refractivity contribution < 1.29 is 9.53 Å². The number of nitrogens with zero attached hydrogens (tertiary/aromatic N) is 1. The summed E-state index contributed by atoms with van der Waals surface area (Å²) in [6.07, 6.45) is 5.16. The van der Waals surface area contributed by atoms with Gasteiger partial charge < -0.3 is 15.4 Å². The van der Waals surface area contributed by atoms with Crippen LogP contribution in [0.25, 0.3) is 0 Å². The zero-order valence-electron chi connectivity index (χ0n) is 14.3. The van der Waals surface area contributed by atoms with Gasteiger partial charge in [0.25, 0.3) is 0 Å². The average molecular weight is 316 g/mol. The third-order valence-electron chi connectivity index (χ3n) is 5.85. The Morgan fingerprint density at radius 1 is 1.22 bits per heavy atom. The second-order valence-electron chi connectivity index (χ2n) is 7.51. The number of hydrogen-bond donors (Lipinski definition) is 1. The maximum absolute atomic E-state index is 13.4. The molecular formula is C19H28N2O2. The number of rotatable bonds is 4. The zero-order valence-corrected chi connectivity index (χ0v) is 14.3. The molecule has 1 aliphatic carbocycles. The number of methoxy groups -OCH3 is 1. The Morgan fingerprint density at radius 2 is 1.87 bits per heavy atom. The van der Waals surface area contributed by atoms with Crippen LogP contribution in [0.4, 0.5) is 0 Å². The van der Waals surface area contributed by atoms with Crippen LogP contribution in [0.2, 0.25) is 0 Å². The number of carbonyl (C=O) groups excluding carboxylic acids is 1. The first kappa shape index (κ1) is 16.3. The number of nitrogens with two attached hydrogens (primary N) is 1. The van der Waals surface area contributed by atoms with Crippen LogP contribution in [0.5, 0.6) is 5.75 Å². The highest BCUT2D eigenvalue weighted by Crippen LogP contribution is 2.44. The Labute approximate surface area is 139 Å². The molecule has 2 aliphatic rings. The van der Waals surface area contributed by atoms with E-state index in [2.05, 4.69) is 24.0 Å². The maximum atomic E-state index is 13.4. The van der Waals surface area contributed by atoms with Crippen molar-refractivity contribution in [2.24, 2.45) is 11.1 Å². The van der Waals surface area contributed by atoms with Crippen molar-refractivity contribution in [1.29, 1.82) is 0 Å². The van der Waals surface area contributed by atoms with Crippen LogP contribution in [-0.2, 0) is 10.2 Å². The van der Waals surface area contributed by atoms with Gasteiger partial charge in [-0.1, -0.05) is 31.9 Å². The SMILES string of the molecule is COc1ccc(C2(C(=O)N3CCC(C)(CN)C3)CCCC2)cc1. The summed E-state index contributed by atoms with van der Waals surface area (Å²) in [5.41, 5.74) is 6.79. The van der Waals surface area contributed by atoms with Crippen LogP contribution in [0.1, 0.15) is 44.6 Å². The minimum absolute atomic E-state index is 0.0787. The van der Waals surface area contributed by atoms with E-state index in [9.17, 15) is 4.79 Å². The van der Waals surface area contributed by atoms with Crippen molar-refractivity contribution in [1.82, 2.24) is 4.90 Å². The molecular weight excluding hydrogens is 288 g/mol. The van der Waals surface area contributed by atoms with Gasteiger partial charge >= 0.3 is 0 Å². The van der Waals surface area contributed by atoms with E-state index in [0.29, 0.717) is 12.5 Å². The van der Waals surface area contributed by atoms with E-state index in [4.69, 9.17) is 10.5 Å². The van der Waals surface area contributed by atoms with E-state index in [1.54, 1.807) is 7.11 Å². The molecule has 1 unspecified atom stereocenters. The standard InChI is InChI=1S/C19H28N2O2/c1-18(13-20)11-12-21(14-18)17(22)19(9-3-4-10-19)15-5-7-16(23-2)8-6-15/h5-8H,3-4,9-14,20H2,1-2H3. The van der Waals surface area contributed by atoms with Gasteiger partial charge in [-0.15, -0.1) is 0 Å². The second kappa shape index (κ2) is 6.16. The fourth-order valence-corrected chi connectivity index (χ4v) is 4.18. The molecule has 1 heterocycles. The molecule has 1 aromatic carbocycles. The van der Waals surface area contributed by atoms with E-state index in [0.717, 1.165) is 56.5 Å². The minimum Gasteiger partial charge on any atom is -0.497 e. The van der Waals surface area contributed by atoms with E-state index < -0.39 is 0 Å². The predicted octanol–water partition coefficient (Wildman–Crippen LogP) is 2.70. The van der Waals surface area contributed by atoms with Gasteiger partial charge in [0.1, 0.15) is 5.75 Å². The summed E-state index contributed by atoms with van der Waals surface area (Å²) in [6.45, 7) is 4.46. The lowest BCUT2D eigenvalue weighted by atomic mass is 9.77. The van der Waals surface area contributed by atoms with E-state index in [1.165, 1.54) is 0 Å². The molecule has 2 fully saturated rings. The molecule has 1 saturated heterocycles. The molecule has 0 radical (unpaired) electrons. The van der Waals surface area contributed by atoms with Gasteiger partial charge in [-0.2, -0.15) is 0 Å². The summed E-state index contributed by atoms with van der Waals surface area (Å²) in [5, 5.41) is 0. The average Bonchev–Trinajstić information content (AvgIpc) is 3.23. The normalized spacial score (nSPS) is 26.5. The Kier molecular flexibility index (Phi) is 4.37. The molecule has 1 aliphatic heterocycles. The second-order valence-corrected chi connectivity index (χ2v) is 7.51. The summed E-state index contributed by atoms with van der Waals surface area (Å²) in [7, 11) is 1.67. The van der Waals surface area contributed by atoms with Gasteiger partial charge in [0.2, 0.25) is 5.91 Å². The van der Waals surface area contributed by atoms with Crippen molar-refractivity contribution in [3.8, 4) is 5.75 Å². The molecule has 4 nitrogen and oxygen atoms in total. The molecule has 2 N–H and O–H groups in total. The zero-order chi connectivity index (χ0) is 16.5. The number of amides is 1. The first-order chi connectivity index (χ1) is 11.0. The molecule has 0 aromatic heterocycles. The smallest absolute Gasteiger partial charge is 0.233 e. The predicted molar refractivity (Wildman–Crippen MR) is 91.5 cm³/mol. The summed E-state index contributed by atoms with van der Waals surface area (Å²) < 4.78 is 5.26. The third-order valence-corrected chi connectivity index (χ3v) is 5.85. The summed E-state index contributed by atoms with van der Waals surface area (Å²) in [6, 6.07) is 8.08. The Morgan fingerprint density at radius 3 is 2.39 bits per heavy atom. The minimum atomic E-state index is -0.341. The quantitative estimate of drug-likeness (QED) is 0.929. The van der Waals surface area contributed by atoms with Crippen molar-refractivity contribution >= 4 is 5.91 Å². The molecule has 126 valence electrons. The van der Waals surface area contributed by atoms with E-state index in [1.807, 2.05) is 12.1 Å². The lowest BCUT2D eigenvalue weighted by Crippen LogP contribution is -2.45. The first-order valence-corrected chi connectivity index (χ1v) is 8.67. The largest absolute Gasteiger partial charge is 0.497 e. The van der Waals surface area contributed by atoms with Crippen molar-refractivity contribution in [3.63, 3.8) is 0 Å². The highest BCUT2D eigenvalue weighted by atomic mass is 16.5. The van der Waals surface area contributed by atoms with E-state index >= 15 is 0 Å². The summed E-state index contributed by atoms with van der Waals surface area (Å²) in [5.74, 6) is 1.14. The highest BCUT2D eigenvalue weighted by Gasteiger charge is 2.47. The van der Waals surface area contributed by atoms with Gasteiger partial charge in [0, 0.05) is 13.1 Å². The third kappa shape index (κ3) is 2.85. The molecule has 1 saturated carbocycles. The Bertz CT molecular complexity index is 563. The maximum Gasteiger partial charge on any atom is 0.233 e. The van der Waals surface area contributed by atoms with Crippen LogP contribution in [-0.4, -0.2) is 37.6 Å². The molecule has 23 heavy (non-hydrogen) atoms. The number of ether oxygens (including phenoxy) is 1. The van der Waals surface area contributed by atoms with Crippen molar-refractivity contribution in [3.05, 3.63) is 29.8 Å². The van der Waals surface area contributed by atoms with Gasteiger partial charge in [-0.25, -0.2) is 0 Å². The fraction of sp³-hybridized carbons (Fsp3) is 0.632. The van der Waals surface area contributed by atoms with Crippen LogP contribution in [0.15, 0.2) is 24.3 Å². The van der Waals surface area contributed by atoms with Crippen LogP contribution < -0.4 is 10.5 Å². The lowest BCUT2D eigenvalue weighted by molar-refractivity contribution is -0.136. The van der Waals surface area contributed by atoms with Gasteiger partial charge in [-0.3, -0.25) is 4.79 Å². The highest BCUT2D eigenvalue weighted by molar-refractivity contribution is 5.89. The monoisotopic (exact) mass is 316 g/mol. The first-order valence-electron chi connectivity index (χ1n) is 8.67. The molecule has 0 bridgehead atoms. The fourth-order valence-electron chi connectivity index (χ4n) is 4.18. The number of benzene rings is 1. The van der Waals surface area contributed by atoms with Crippen LogP contribution >= 0.6 is 0 Å². The summed E-state index contributed by atoms with van der Waals surface area (Å²) in [4.78, 5) is 15.4. The number of hydrogen-bond acceptors (Lipinski definition) is 3. The Hall–Kier alpha value is -1.55. The molecule has 3 rings (SSSR count). The lowest BCUT2D eigenvalue weighted by Gasteiger charge is -2.34. The number of likely N-dealkylation sites (tertiary alicyclic amines) is 1. The summed E-state index contributed by atoms with van der Waals surface area (Å²) >= 11 is 0. The van der Waals surface area contributed by atoms with Crippen LogP contribution in [0.3, 0.4) is 0 Å². The molecule has 0 spiro atoms. The van der Waals surface area contributed by atoms with Gasteiger partial charge in [0.05, 0.1) is 12.5 Å². The van der Waals surface area contributed by atoms with Crippen LogP contribution in [0, 0.1) is 5.41 Å². The van der Waals surface area contributed by atoms with Gasteiger partial charge in [-0.05, 0) is 48.9 Å². The molecule has 1 amide bonds. The Balaban J connectivity index is 1.87. The molecule has 1 atom stereocenters. The van der Waals surface area contributed by atoms with Crippen molar-refractivity contribution in [2.45, 2.75) is 44.4 Å². The van der Waals surface area contributed by atoms with E-state index in [-0.39, 0.29) is 10.8 Å². The molecule has 4 heteroatoms. The van der Waals surface area contributed by atoms with Crippen molar-refractivity contribution in [2.75, 3.05) is 26.7 Å². The van der Waals surface area contributed by atoms with Gasteiger partial charge in [0.15, 0.2) is 0 Å².